The summed E-state index contributed by atoms with van der Waals surface area (Å²) in [6.45, 7) is 1.98. The predicted molar refractivity (Wildman–Crippen MR) is 74.9 cm³/mol. The highest BCUT2D eigenvalue weighted by atomic mass is 16.5. The summed E-state index contributed by atoms with van der Waals surface area (Å²) in [5.74, 6) is -0.0360. The van der Waals surface area contributed by atoms with Gasteiger partial charge in [-0.25, -0.2) is 0 Å². The van der Waals surface area contributed by atoms with Crippen LogP contribution in [0, 0.1) is 0 Å². The van der Waals surface area contributed by atoms with E-state index < -0.39 is 0 Å². The van der Waals surface area contributed by atoms with Gasteiger partial charge in [-0.1, -0.05) is 12.1 Å². The third kappa shape index (κ3) is 4.33. The van der Waals surface area contributed by atoms with Gasteiger partial charge in [0.1, 0.15) is 0 Å². The molecular formula is C15H22N2O2. The summed E-state index contributed by atoms with van der Waals surface area (Å²) < 4.78 is 5.63. The molecule has 1 aromatic rings. The van der Waals surface area contributed by atoms with Gasteiger partial charge in [0, 0.05) is 25.3 Å². The number of amides is 1. The van der Waals surface area contributed by atoms with Gasteiger partial charge < -0.3 is 15.8 Å². The summed E-state index contributed by atoms with van der Waals surface area (Å²) in [6.07, 6.45) is 4.71. The summed E-state index contributed by atoms with van der Waals surface area (Å²) in [7, 11) is 0. The van der Waals surface area contributed by atoms with Crippen molar-refractivity contribution in [2.45, 2.75) is 38.3 Å². The number of rotatable bonds is 5. The smallest absolute Gasteiger partial charge is 0.251 e. The molecule has 1 atom stereocenters. The van der Waals surface area contributed by atoms with Crippen molar-refractivity contribution in [3.63, 3.8) is 0 Å². The lowest BCUT2D eigenvalue weighted by Gasteiger charge is -2.22. The first-order valence-electron chi connectivity index (χ1n) is 6.98. The molecule has 0 saturated carbocycles. The number of nitrogens with one attached hydrogen (secondary N) is 1. The first-order valence-corrected chi connectivity index (χ1v) is 6.98. The Morgan fingerprint density at radius 2 is 2.32 bits per heavy atom. The Morgan fingerprint density at radius 1 is 1.42 bits per heavy atom. The molecule has 19 heavy (non-hydrogen) atoms. The van der Waals surface area contributed by atoms with E-state index in [1.807, 2.05) is 24.3 Å². The average molecular weight is 262 g/mol. The van der Waals surface area contributed by atoms with Crippen molar-refractivity contribution in [1.82, 2.24) is 5.32 Å². The molecule has 4 heteroatoms. The Kier molecular flexibility index (Phi) is 5.36. The van der Waals surface area contributed by atoms with Gasteiger partial charge in [-0.05, 0) is 43.4 Å². The topological polar surface area (TPSA) is 64.4 Å². The van der Waals surface area contributed by atoms with E-state index in [1.54, 1.807) is 0 Å². The molecule has 1 aliphatic rings. The number of carbonyl (C=O) groups is 1. The Labute approximate surface area is 114 Å². The lowest BCUT2D eigenvalue weighted by atomic mass is 10.1. The first-order chi connectivity index (χ1) is 9.29. The van der Waals surface area contributed by atoms with E-state index in [2.05, 4.69) is 5.32 Å². The van der Waals surface area contributed by atoms with Gasteiger partial charge in [0.2, 0.25) is 0 Å². The van der Waals surface area contributed by atoms with Crippen molar-refractivity contribution in [2.75, 3.05) is 13.2 Å². The molecule has 0 spiro atoms. The minimum Gasteiger partial charge on any atom is -0.378 e. The third-order valence-corrected chi connectivity index (χ3v) is 3.45. The van der Waals surface area contributed by atoms with Gasteiger partial charge in [0.05, 0.1) is 6.10 Å². The normalized spacial score (nSPS) is 19.1. The Morgan fingerprint density at radius 3 is 3.05 bits per heavy atom. The van der Waals surface area contributed by atoms with Gasteiger partial charge in [0.25, 0.3) is 5.91 Å². The molecule has 0 radical (unpaired) electrons. The molecule has 1 amide bonds. The van der Waals surface area contributed by atoms with Crippen LogP contribution < -0.4 is 11.1 Å². The number of hydrogen-bond donors (Lipinski definition) is 2. The number of ether oxygens (including phenoxy) is 1. The van der Waals surface area contributed by atoms with Crippen LogP contribution in [-0.4, -0.2) is 25.2 Å². The molecule has 1 saturated heterocycles. The molecule has 2 rings (SSSR count). The fourth-order valence-electron chi connectivity index (χ4n) is 2.32. The standard InChI is InChI=1S/C15H22N2O2/c16-11-12-4-3-5-13(10-12)15(18)17-8-7-14-6-1-2-9-19-14/h3-5,10,14H,1-2,6-9,11,16H2,(H,17,18). The van der Waals surface area contributed by atoms with E-state index in [0.29, 0.717) is 24.8 Å². The van der Waals surface area contributed by atoms with Crippen LogP contribution in [0.4, 0.5) is 0 Å². The van der Waals surface area contributed by atoms with Crippen LogP contribution in [0.2, 0.25) is 0 Å². The summed E-state index contributed by atoms with van der Waals surface area (Å²) >= 11 is 0. The van der Waals surface area contributed by atoms with E-state index in [-0.39, 0.29) is 5.91 Å². The Hall–Kier alpha value is -1.39. The molecule has 1 aromatic carbocycles. The molecule has 4 nitrogen and oxygen atoms in total. The summed E-state index contributed by atoms with van der Waals surface area (Å²) in [5, 5.41) is 2.94. The van der Waals surface area contributed by atoms with Crippen LogP contribution in [0.1, 0.15) is 41.6 Å². The highest BCUT2D eigenvalue weighted by Crippen LogP contribution is 2.15. The summed E-state index contributed by atoms with van der Waals surface area (Å²) in [4.78, 5) is 12.0. The number of nitrogens with two attached hydrogens (primary N) is 1. The maximum Gasteiger partial charge on any atom is 0.251 e. The molecule has 0 aliphatic carbocycles. The van der Waals surface area contributed by atoms with Crippen molar-refractivity contribution >= 4 is 5.91 Å². The van der Waals surface area contributed by atoms with E-state index in [0.717, 1.165) is 31.4 Å². The van der Waals surface area contributed by atoms with Crippen molar-refractivity contribution in [3.05, 3.63) is 35.4 Å². The Bertz CT molecular complexity index is 414. The van der Waals surface area contributed by atoms with Gasteiger partial charge >= 0.3 is 0 Å². The average Bonchev–Trinajstić information content (AvgIpc) is 2.48. The minimum absolute atomic E-state index is 0.0360. The summed E-state index contributed by atoms with van der Waals surface area (Å²) in [6, 6.07) is 7.44. The highest BCUT2D eigenvalue weighted by Gasteiger charge is 2.14. The van der Waals surface area contributed by atoms with Crippen molar-refractivity contribution < 1.29 is 9.53 Å². The molecule has 0 aromatic heterocycles. The zero-order chi connectivity index (χ0) is 13.5. The first kappa shape index (κ1) is 14.0. The zero-order valence-electron chi connectivity index (χ0n) is 11.2. The van der Waals surface area contributed by atoms with Gasteiger partial charge in [-0.2, -0.15) is 0 Å². The minimum atomic E-state index is -0.0360. The highest BCUT2D eigenvalue weighted by molar-refractivity contribution is 5.94. The van der Waals surface area contributed by atoms with Crippen molar-refractivity contribution in [2.24, 2.45) is 5.73 Å². The maximum atomic E-state index is 12.0. The molecule has 1 heterocycles. The molecule has 104 valence electrons. The van der Waals surface area contributed by atoms with Crippen LogP contribution >= 0.6 is 0 Å². The van der Waals surface area contributed by atoms with Gasteiger partial charge in [-0.3, -0.25) is 4.79 Å². The number of benzene rings is 1. The van der Waals surface area contributed by atoms with E-state index in [9.17, 15) is 4.79 Å². The molecular weight excluding hydrogens is 240 g/mol. The second kappa shape index (κ2) is 7.26. The molecule has 1 fully saturated rings. The second-order valence-electron chi connectivity index (χ2n) is 4.94. The fraction of sp³-hybridized carbons (Fsp3) is 0.533. The van der Waals surface area contributed by atoms with E-state index in [4.69, 9.17) is 10.5 Å². The summed E-state index contributed by atoms with van der Waals surface area (Å²) in [5.41, 5.74) is 7.22. The lowest BCUT2D eigenvalue weighted by molar-refractivity contribution is 0.0117. The predicted octanol–water partition coefficient (Wildman–Crippen LogP) is 1.83. The van der Waals surface area contributed by atoms with Crippen LogP contribution in [0.5, 0.6) is 0 Å². The van der Waals surface area contributed by atoms with Crippen LogP contribution in [-0.2, 0) is 11.3 Å². The third-order valence-electron chi connectivity index (χ3n) is 3.45. The zero-order valence-corrected chi connectivity index (χ0v) is 11.2. The van der Waals surface area contributed by atoms with Gasteiger partial charge in [0.15, 0.2) is 0 Å². The van der Waals surface area contributed by atoms with Crippen molar-refractivity contribution in [3.8, 4) is 0 Å². The second-order valence-corrected chi connectivity index (χ2v) is 4.94. The quantitative estimate of drug-likeness (QED) is 0.851. The van der Waals surface area contributed by atoms with E-state index >= 15 is 0 Å². The Balaban J connectivity index is 1.77. The molecule has 0 bridgehead atoms. The van der Waals surface area contributed by atoms with Crippen LogP contribution in [0.25, 0.3) is 0 Å². The van der Waals surface area contributed by atoms with Crippen LogP contribution in [0.3, 0.4) is 0 Å². The lowest BCUT2D eigenvalue weighted by Crippen LogP contribution is -2.29. The SMILES string of the molecule is NCc1cccc(C(=O)NCCC2CCCCO2)c1. The molecule has 3 N–H and O–H groups in total. The molecule has 1 unspecified atom stereocenters. The van der Waals surface area contributed by atoms with Crippen LogP contribution in [0.15, 0.2) is 24.3 Å². The van der Waals surface area contributed by atoms with E-state index in [1.165, 1.54) is 6.42 Å². The number of hydrogen-bond acceptors (Lipinski definition) is 3. The maximum absolute atomic E-state index is 12.0. The van der Waals surface area contributed by atoms with Crippen molar-refractivity contribution in [1.29, 1.82) is 0 Å². The largest absolute Gasteiger partial charge is 0.378 e. The molecule has 1 aliphatic heterocycles. The monoisotopic (exact) mass is 262 g/mol. The fourth-order valence-corrected chi connectivity index (χ4v) is 2.32. The number of carbonyl (C=O) groups excluding carboxylic acids is 1. The van der Waals surface area contributed by atoms with Gasteiger partial charge in [-0.15, -0.1) is 0 Å².